The molecule has 21 aliphatic heterocycles. The van der Waals surface area contributed by atoms with E-state index in [1.807, 2.05) is 0 Å². The Hall–Kier alpha value is -1.52. The van der Waals surface area contributed by atoms with Crippen molar-refractivity contribution in [1.82, 2.24) is 0 Å². The molecule has 14 bridgehead atoms. The highest BCUT2D eigenvalue weighted by atomic mass is 16.8. The first-order valence-electron chi connectivity index (χ1n) is 31.6. The van der Waals surface area contributed by atoms with E-state index in [1.165, 1.54) is 27.7 Å². The molecule has 0 amide bonds. The van der Waals surface area contributed by atoms with Gasteiger partial charge in [-0.05, 0) is 47.0 Å². The molecule has 39 atom stereocenters. The molecule has 0 spiro atoms. The van der Waals surface area contributed by atoms with Crippen molar-refractivity contribution in [3.63, 3.8) is 0 Å². The molecule has 21 saturated heterocycles. The van der Waals surface area contributed by atoms with Crippen LogP contribution in [0.4, 0.5) is 0 Å². The Morgan fingerprint density at radius 2 is 0.564 bits per heavy atom. The summed E-state index contributed by atoms with van der Waals surface area (Å²) in [5.41, 5.74) is 0. The molecular weight excluding hydrogens is 1280 g/mol. The van der Waals surface area contributed by atoms with Gasteiger partial charge in [0.1, 0.15) is 159 Å². The summed E-state index contributed by atoms with van der Waals surface area (Å²) in [6.45, 7) is 2.27. The third-order valence-electron chi connectivity index (χ3n) is 17.0. The lowest BCUT2D eigenvalue weighted by atomic mass is 9.93. The van der Waals surface area contributed by atoms with Crippen LogP contribution in [-0.4, -0.2) is 401 Å². The minimum absolute atomic E-state index is 0.0738. The molecule has 18 unspecified atom stereocenters. The van der Waals surface area contributed by atoms with Gasteiger partial charge in [-0.25, -0.2) is 0 Å². The number of hydrogen-bond donors (Lipinski definition) is 20. The average molecular weight is 1380 g/mol. The number of ether oxygens (including phenoxy) is 18. The van der Waals surface area contributed by atoms with Crippen molar-refractivity contribution in [2.45, 2.75) is 293 Å². The highest BCUT2D eigenvalue weighted by molar-refractivity contribution is 5.02. The quantitative estimate of drug-likeness (QED) is 0.0503. The van der Waals surface area contributed by atoms with Crippen LogP contribution in [-0.2, 0) is 85.3 Å². The van der Waals surface area contributed by atoms with Gasteiger partial charge in [0.05, 0.1) is 83.4 Å². The van der Waals surface area contributed by atoms with E-state index in [0.29, 0.717) is 6.42 Å². The fourth-order valence-corrected chi connectivity index (χ4v) is 12.0. The summed E-state index contributed by atoms with van der Waals surface area (Å²) in [4.78, 5) is 0. The van der Waals surface area contributed by atoms with Gasteiger partial charge in [0.15, 0.2) is 50.3 Å². The molecule has 94 heavy (non-hydrogen) atoms. The predicted octanol–water partition coefficient (Wildman–Crippen LogP) is -11.5. The molecule has 21 heterocycles. The van der Waals surface area contributed by atoms with Crippen LogP contribution in [0.5, 0.6) is 0 Å². The Kier molecular flexibility index (Phi) is 29.4. The van der Waals surface area contributed by atoms with Crippen LogP contribution in [0.2, 0.25) is 0 Å². The third-order valence-corrected chi connectivity index (χ3v) is 17.0. The van der Waals surface area contributed by atoms with Crippen molar-refractivity contribution in [1.29, 1.82) is 0 Å². The molecule has 0 aromatic carbocycles. The van der Waals surface area contributed by atoms with Crippen molar-refractivity contribution in [2.24, 2.45) is 0 Å². The number of aliphatic hydroxyl groups is 20. The standard InChI is InChI=1S/C56H98O38/c1-6-9-77-15-25-45-31(66)38(73)52(84-25)87-42-22(8-7-18(2)59)81-49(35(70)28(42)63)88-43-24(11-58)83-51(37(72)30(43)65)93-48-34(69)41(76)55(94-56(48)80-14-21(5)62)92-47-27(17-79-13-20(4)61)86-54(40(75)33(47)68)91-46-26(16-78-12-19(3)60)85-53(39(74)32(46)67)89-44-23(10-57)82-50(90-45)36(71)29(44)64/h18-76H,6-17H2,1-5H3/t18?,19?,20?,21?,22?,23?,24?,25?,26?,27?,28?,29?,30?,31?,32?,33?,34?,35-,36-,37-,38-,39-,40-,41-,42+,43+,44+,45+,46+,47+,48-,49-,50+,51-,52-,53+,54+,55-,56?/m0/s1. The third kappa shape index (κ3) is 18.6. The highest BCUT2D eigenvalue weighted by Gasteiger charge is 2.60. The minimum Gasteiger partial charge on any atom is -0.394 e. The fourth-order valence-electron chi connectivity index (χ4n) is 12.0. The van der Waals surface area contributed by atoms with Crippen LogP contribution >= 0.6 is 0 Å². The van der Waals surface area contributed by atoms with E-state index in [4.69, 9.17) is 85.3 Å². The van der Waals surface area contributed by atoms with Gasteiger partial charge in [-0.15, -0.1) is 0 Å². The van der Waals surface area contributed by atoms with Crippen LogP contribution in [0, 0.1) is 0 Å². The maximum atomic E-state index is 11.9. The topological polar surface area (TPSA) is 571 Å². The lowest BCUT2D eigenvalue weighted by molar-refractivity contribution is -0.414. The SMILES string of the molecule is CCCOCC1O[C@H]2O[C@@H]3C(CCC(C)O)O[C@@H](O[C@@H]4C(CO)O[C@@H](O[C@@H]5C(OCC(C)O)O[C@H](O[C@@H]6C(COCC(C)O)O[C@H](O[C@@H]7C(COCC(C)O)O[C@H](O[C@@H]8C(CO)O[C@H](O[C@H]1C(O)[C@@H]2O)[C@@H](O)C8O)[C@@H](O)C7O)[C@@H](O)C6O)[C@@H](O)C5O)[C@@H](O)C4O)[C@@H](O)C3O. The molecule has 38 heteroatoms. The Morgan fingerprint density at radius 3 is 0.872 bits per heavy atom. The summed E-state index contributed by atoms with van der Waals surface area (Å²) < 4.78 is 107. The number of rotatable bonds is 20. The van der Waals surface area contributed by atoms with Crippen molar-refractivity contribution >= 4 is 0 Å². The first-order chi connectivity index (χ1) is 44.6. The molecule has 0 radical (unpaired) electrons. The van der Waals surface area contributed by atoms with Gasteiger partial charge in [-0.3, -0.25) is 0 Å². The largest absolute Gasteiger partial charge is 0.394 e. The zero-order valence-corrected chi connectivity index (χ0v) is 52.3. The Bertz CT molecular complexity index is 2200. The summed E-state index contributed by atoms with van der Waals surface area (Å²) in [5.74, 6) is 0. The summed E-state index contributed by atoms with van der Waals surface area (Å²) in [7, 11) is 0. The zero-order valence-electron chi connectivity index (χ0n) is 52.3. The molecule has 38 nitrogen and oxygen atoms in total. The summed E-state index contributed by atoms with van der Waals surface area (Å²) in [5, 5.41) is 227. The van der Waals surface area contributed by atoms with E-state index in [-0.39, 0.29) is 32.7 Å². The van der Waals surface area contributed by atoms with Gasteiger partial charge in [0, 0.05) is 6.61 Å². The zero-order chi connectivity index (χ0) is 68.7. The van der Waals surface area contributed by atoms with E-state index < -0.39 is 279 Å². The molecule has 0 aromatic rings. The predicted molar refractivity (Wildman–Crippen MR) is 298 cm³/mol. The Balaban J connectivity index is 1.15. The van der Waals surface area contributed by atoms with Crippen LogP contribution in [0.25, 0.3) is 0 Å². The van der Waals surface area contributed by atoms with E-state index in [0.717, 1.165) is 0 Å². The van der Waals surface area contributed by atoms with E-state index in [9.17, 15) is 102 Å². The van der Waals surface area contributed by atoms with Gasteiger partial charge in [0.2, 0.25) is 0 Å². The van der Waals surface area contributed by atoms with Crippen LogP contribution < -0.4 is 0 Å². The highest BCUT2D eigenvalue weighted by Crippen LogP contribution is 2.40. The molecule has 0 aliphatic carbocycles. The first kappa shape index (κ1) is 78.2. The monoisotopic (exact) mass is 1380 g/mol. The van der Waals surface area contributed by atoms with Gasteiger partial charge >= 0.3 is 0 Å². The normalized spacial score (nSPS) is 48.9. The smallest absolute Gasteiger partial charge is 0.189 e. The first-order valence-corrected chi connectivity index (χ1v) is 31.6. The lowest BCUT2D eigenvalue weighted by Crippen LogP contribution is -2.68. The van der Waals surface area contributed by atoms with Crippen LogP contribution in [0.15, 0.2) is 0 Å². The lowest BCUT2D eigenvalue weighted by Gasteiger charge is -2.50. The Morgan fingerprint density at radius 1 is 0.298 bits per heavy atom. The van der Waals surface area contributed by atoms with Gasteiger partial charge in [-0.2, -0.15) is 0 Å². The molecule has 21 fully saturated rings. The molecule has 21 aliphatic rings. The molecule has 20 N–H and O–H groups in total. The second-order valence-corrected chi connectivity index (χ2v) is 25.0. The number of hydrogen-bond acceptors (Lipinski definition) is 38. The van der Waals surface area contributed by atoms with Crippen molar-refractivity contribution in [3.8, 4) is 0 Å². The fraction of sp³-hybridized carbons (Fsp3) is 1.00. The van der Waals surface area contributed by atoms with Crippen molar-refractivity contribution < 1.29 is 187 Å². The molecular formula is C56H98O38. The van der Waals surface area contributed by atoms with Crippen molar-refractivity contribution in [3.05, 3.63) is 0 Å². The summed E-state index contributed by atoms with van der Waals surface area (Å²) >= 11 is 0. The molecule has 550 valence electrons. The summed E-state index contributed by atoms with van der Waals surface area (Å²) in [6, 6.07) is 0. The second-order valence-electron chi connectivity index (χ2n) is 25.0. The second kappa shape index (κ2) is 35.4. The van der Waals surface area contributed by atoms with Crippen LogP contribution in [0.1, 0.15) is 53.9 Å². The maximum Gasteiger partial charge on any atom is 0.189 e. The van der Waals surface area contributed by atoms with Gasteiger partial charge in [-0.1, -0.05) is 6.92 Å². The van der Waals surface area contributed by atoms with Gasteiger partial charge < -0.3 is 187 Å². The van der Waals surface area contributed by atoms with E-state index in [1.54, 1.807) is 6.92 Å². The average Bonchev–Trinajstić information content (AvgIpc) is 0.817. The van der Waals surface area contributed by atoms with E-state index in [2.05, 4.69) is 0 Å². The molecule has 0 saturated carbocycles. The minimum atomic E-state index is -2.25. The van der Waals surface area contributed by atoms with Crippen molar-refractivity contribution in [2.75, 3.05) is 59.5 Å². The van der Waals surface area contributed by atoms with E-state index >= 15 is 0 Å². The Labute approximate surface area is 539 Å². The molecule has 0 aromatic heterocycles. The number of aliphatic hydroxyl groups excluding tert-OH is 20. The summed E-state index contributed by atoms with van der Waals surface area (Å²) in [6.07, 6.45) is -73.5. The molecule has 21 rings (SSSR count). The maximum absolute atomic E-state index is 11.9. The van der Waals surface area contributed by atoms with Crippen LogP contribution in [0.3, 0.4) is 0 Å². The van der Waals surface area contributed by atoms with Gasteiger partial charge in [0.25, 0.3) is 0 Å².